The van der Waals surface area contributed by atoms with Crippen molar-refractivity contribution < 1.29 is 9.16 Å². The van der Waals surface area contributed by atoms with Crippen molar-refractivity contribution in [2.45, 2.75) is 51.6 Å². The molecule has 3 nitrogen and oxygen atoms in total. The summed E-state index contributed by atoms with van der Waals surface area (Å²) < 4.78 is 11.4. The molecule has 0 aliphatic heterocycles. The Morgan fingerprint density at radius 1 is 1.15 bits per heavy atom. The third-order valence-electron chi connectivity index (χ3n) is 2.76. The van der Waals surface area contributed by atoms with Gasteiger partial charge >= 0.3 is 0 Å². The molecule has 20 heavy (non-hydrogen) atoms. The van der Waals surface area contributed by atoms with Crippen molar-refractivity contribution in [3.8, 4) is 6.07 Å². The molecule has 1 aromatic carbocycles. The molecule has 110 valence electrons. The molecule has 0 aromatic heterocycles. The summed E-state index contributed by atoms with van der Waals surface area (Å²) in [5, 5.41) is 9.06. The molecule has 1 rings (SSSR count). The molecule has 0 fully saturated rings. The highest BCUT2D eigenvalue weighted by Gasteiger charge is 2.20. The summed E-state index contributed by atoms with van der Waals surface area (Å²) in [6.07, 6.45) is 2.49. The molecule has 0 heterocycles. The first-order chi connectivity index (χ1) is 9.51. The van der Waals surface area contributed by atoms with E-state index in [9.17, 15) is 0 Å². The Hall–Kier alpha value is -1.15. The van der Waals surface area contributed by atoms with Gasteiger partial charge in [0.1, 0.15) is 6.10 Å². The molecule has 0 saturated heterocycles. The Labute approximate surface area is 123 Å². The van der Waals surface area contributed by atoms with E-state index >= 15 is 0 Å². The Bertz CT molecular complexity index is 409. The van der Waals surface area contributed by atoms with E-state index in [4.69, 9.17) is 14.4 Å². The van der Waals surface area contributed by atoms with Gasteiger partial charge in [0.25, 0.3) is 0 Å². The number of unbranched alkanes of at least 4 members (excludes halogenated alkanes) is 1. The average Bonchev–Trinajstić information content (AvgIpc) is 2.41. The van der Waals surface area contributed by atoms with E-state index in [0.29, 0.717) is 6.61 Å². The minimum absolute atomic E-state index is 0.254. The molecule has 1 aromatic rings. The van der Waals surface area contributed by atoms with E-state index in [0.717, 1.165) is 25.9 Å². The zero-order valence-electron chi connectivity index (χ0n) is 12.8. The van der Waals surface area contributed by atoms with Crippen LogP contribution in [0.2, 0.25) is 19.6 Å². The largest absolute Gasteiger partial charge is 0.402 e. The first kappa shape index (κ1) is 16.9. The van der Waals surface area contributed by atoms with Crippen LogP contribution in [0.4, 0.5) is 0 Å². The third-order valence-corrected chi connectivity index (χ3v) is 3.75. The summed E-state index contributed by atoms with van der Waals surface area (Å²) >= 11 is 0. The molecule has 4 heteroatoms. The minimum atomic E-state index is -1.61. The highest BCUT2D eigenvalue weighted by molar-refractivity contribution is 6.69. The highest BCUT2D eigenvalue weighted by Crippen LogP contribution is 2.12. The lowest BCUT2D eigenvalue weighted by Gasteiger charge is -2.21. The molecule has 0 bridgehead atoms. The maximum atomic E-state index is 9.06. The van der Waals surface area contributed by atoms with Gasteiger partial charge < -0.3 is 9.16 Å². The topological polar surface area (TPSA) is 42.2 Å². The number of hydrogen-bond donors (Lipinski definition) is 0. The molecule has 0 radical (unpaired) electrons. The third kappa shape index (κ3) is 8.11. The van der Waals surface area contributed by atoms with E-state index in [1.165, 1.54) is 5.56 Å². The molecular weight excluding hydrogens is 266 g/mol. The van der Waals surface area contributed by atoms with Crippen molar-refractivity contribution in [1.29, 1.82) is 5.26 Å². The molecule has 1 unspecified atom stereocenters. The molecule has 0 aliphatic carbocycles. The zero-order valence-corrected chi connectivity index (χ0v) is 13.8. The Kier molecular flexibility index (Phi) is 7.53. The first-order valence-corrected chi connectivity index (χ1v) is 10.6. The smallest absolute Gasteiger partial charge is 0.185 e. The fraction of sp³-hybridized carbons (Fsp3) is 0.562. The van der Waals surface area contributed by atoms with E-state index in [1.807, 2.05) is 18.2 Å². The summed E-state index contributed by atoms with van der Waals surface area (Å²) in [5.74, 6) is 0. The number of benzene rings is 1. The Morgan fingerprint density at radius 3 is 2.45 bits per heavy atom. The summed E-state index contributed by atoms with van der Waals surface area (Å²) in [6, 6.07) is 12.4. The lowest BCUT2D eigenvalue weighted by atomic mass is 10.2. The van der Waals surface area contributed by atoms with Crippen molar-refractivity contribution in [3.63, 3.8) is 0 Å². The quantitative estimate of drug-likeness (QED) is 0.508. The fourth-order valence-corrected chi connectivity index (χ4v) is 2.90. The van der Waals surface area contributed by atoms with Gasteiger partial charge in [0.2, 0.25) is 0 Å². The number of nitriles is 1. The van der Waals surface area contributed by atoms with E-state index in [1.54, 1.807) is 0 Å². The van der Waals surface area contributed by atoms with Crippen LogP contribution in [0, 0.1) is 11.3 Å². The molecular formula is C16H25NO2Si. The summed E-state index contributed by atoms with van der Waals surface area (Å²) in [6.45, 7) is 7.73. The van der Waals surface area contributed by atoms with E-state index in [2.05, 4.69) is 37.8 Å². The van der Waals surface area contributed by atoms with Crippen LogP contribution in [0.5, 0.6) is 0 Å². The summed E-state index contributed by atoms with van der Waals surface area (Å²) in [5.41, 5.74) is 1.20. The Balaban J connectivity index is 2.08. The van der Waals surface area contributed by atoms with Gasteiger partial charge in [-0.25, -0.2) is 0 Å². The van der Waals surface area contributed by atoms with Gasteiger partial charge in [-0.1, -0.05) is 30.3 Å². The van der Waals surface area contributed by atoms with Gasteiger partial charge in [0.05, 0.1) is 12.7 Å². The molecule has 0 saturated carbocycles. The maximum Gasteiger partial charge on any atom is 0.185 e. The number of ether oxygens (including phenoxy) is 1. The molecule has 0 spiro atoms. The second-order valence-electron chi connectivity index (χ2n) is 5.88. The fourth-order valence-electron chi connectivity index (χ4n) is 1.87. The van der Waals surface area contributed by atoms with Gasteiger partial charge in [0.15, 0.2) is 8.32 Å². The van der Waals surface area contributed by atoms with Crippen molar-refractivity contribution >= 4 is 8.32 Å². The van der Waals surface area contributed by atoms with Gasteiger partial charge in [-0.3, -0.25) is 0 Å². The summed E-state index contributed by atoms with van der Waals surface area (Å²) in [4.78, 5) is 0. The lowest BCUT2D eigenvalue weighted by Crippen LogP contribution is -2.31. The standard InChI is InChI=1S/C16H25NO2Si/c1-20(2,3)19-16(13-17)11-7-8-12-18-14-15-9-5-4-6-10-15/h4-6,9-10,16H,7-8,11-12,14H2,1-3H3. The van der Waals surface area contributed by atoms with Crippen LogP contribution in [0.3, 0.4) is 0 Å². The van der Waals surface area contributed by atoms with Gasteiger partial charge in [-0.05, 0) is 44.5 Å². The van der Waals surface area contributed by atoms with Crippen molar-refractivity contribution in [2.24, 2.45) is 0 Å². The summed E-state index contributed by atoms with van der Waals surface area (Å²) in [7, 11) is -1.61. The Morgan fingerprint density at radius 2 is 1.85 bits per heavy atom. The van der Waals surface area contributed by atoms with Crippen molar-refractivity contribution in [1.82, 2.24) is 0 Å². The van der Waals surface area contributed by atoms with Gasteiger partial charge in [-0.2, -0.15) is 5.26 Å². The van der Waals surface area contributed by atoms with E-state index < -0.39 is 8.32 Å². The second-order valence-corrected chi connectivity index (χ2v) is 10.3. The average molecular weight is 291 g/mol. The minimum Gasteiger partial charge on any atom is -0.402 e. The number of rotatable bonds is 9. The number of nitrogens with zero attached hydrogens (tertiary/aromatic N) is 1. The predicted molar refractivity (Wildman–Crippen MR) is 83.8 cm³/mol. The normalized spacial score (nSPS) is 12.9. The van der Waals surface area contributed by atoms with Crippen molar-refractivity contribution in [3.05, 3.63) is 35.9 Å². The van der Waals surface area contributed by atoms with Crippen LogP contribution in [0.15, 0.2) is 30.3 Å². The van der Waals surface area contributed by atoms with Crippen LogP contribution in [-0.2, 0) is 15.8 Å². The SMILES string of the molecule is C[Si](C)(C)OC(C#N)CCCCOCc1ccccc1. The van der Waals surface area contributed by atoms with Crippen molar-refractivity contribution in [2.75, 3.05) is 6.61 Å². The zero-order chi connectivity index (χ0) is 14.8. The van der Waals surface area contributed by atoms with Crippen LogP contribution >= 0.6 is 0 Å². The first-order valence-electron chi connectivity index (χ1n) is 7.20. The highest BCUT2D eigenvalue weighted by atomic mass is 28.4. The van der Waals surface area contributed by atoms with Crippen LogP contribution in [-0.4, -0.2) is 21.0 Å². The van der Waals surface area contributed by atoms with Gasteiger partial charge in [0, 0.05) is 6.61 Å². The predicted octanol–water partition coefficient (Wildman–Crippen LogP) is 4.12. The molecule has 1 atom stereocenters. The number of hydrogen-bond acceptors (Lipinski definition) is 3. The van der Waals surface area contributed by atoms with Crippen LogP contribution < -0.4 is 0 Å². The molecule has 0 amide bonds. The molecule has 0 aliphatic rings. The van der Waals surface area contributed by atoms with Crippen LogP contribution in [0.1, 0.15) is 24.8 Å². The maximum absolute atomic E-state index is 9.06. The monoisotopic (exact) mass is 291 g/mol. The lowest BCUT2D eigenvalue weighted by molar-refractivity contribution is 0.114. The van der Waals surface area contributed by atoms with Crippen LogP contribution in [0.25, 0.3) is 0 Å². The van der Waals surface area contributed by atoms with E-state index in [-0.39, 0.29) is 6.10 Å². The second kappa shape index (κ2) is 8.91. The molecule has 0 N–H and O–H groups in total. The van der Waals surface area contributed by atoms with Gasteiger partial charge in [-0.15, -0.1) is 0 Å².